The fourth-order valence-electron chi connectivity index (χ4n) is 2.54. The van der Waals surface area contributed by atoms with Crippen LogP contribution in [0.1, 0.15) is 0 Å². The molecule has 0 fully saturated rings. The zero-order valence-corrected chi connectivity index (χ0v) is 12.8. The van der Waals surface area contributed by atoms with Crippen LogP contribution in [-0.4, -0.2) is 0 Å². The van der Waals surface area contributed by atoms with E-state index in [1.807, 2.05) is 0 Å². The van der Waals surface area contributed by atoms with Crippen molar-refractivity contribution in [3.63, 3.8) is 0 Å². The molecule has 0 spiro atoms. The molecular formula is C16H22Ti. The molecule has 2 aromatic rings. The van der Waals surface area contributed by atoms with Gasteiger partial charge in [0, 0.05) is 0 Å². The van der Waals surface area contributed by atoms with Gasteiger partial charge in [0.25, 0.3) is 0 Å². The van der Waals surface area contributed by atoms with Crippen LogP contribution in [0.5, 0.6) is 0 Å². The van der Waals surface area contributed by atoms with Gasteiger partial charge in [0.05, 0.1) is 0 Å². The molecule has 0 N–H and O–H groups in total. The van der Waals surface area contributed by atoms with Gasteiger partial charge in [-0.3, -0.25) is 0 Å². The second-order valence-electron chi connectivity index (χ2n) is 7.86. The quantitative estimate of drug-likeness (QED) is 0.716. The van der Waals surface area contributed by atoms with Crippen molar-refractivity contribution in [1.82, 2.24) is 0 Å². The summed E-state index contributed by atoms with van der Waals surface area (Å²) in [6, 6.07) is 22.0. The summed E-state index contributed by atoms with van der Waals surface area (Å²) >= 11 is -3.29. The van der Waals surface area contributed by atoms with Gasteiger partial charge in [0.2, 0.25) is 0 Å². The molecule has 0 atom stereocenters. The molecule has 90 valence electrons. The molecule has 0 radical (unpaired) electrons. The number of hydrogen-bond donors (Lipinski definition) is 0. The van der Waals surface area contributed by atoms with Crippen molar-refractivity contribution in [1.29, 1.82) is 0 Å². The number of rotatable bonds is 2. The standard InChI is InChI=1S/2C6H5.4CH3.Ti/c2*1-2-4-6-5-3-1;;;;;/h2*1-5H;4*1H3;. The van der Waals surface area contributed by atoms with Gasteiger partial charge in [-0.15, -0.1) is 0 Å². The summed E-state index contributed by atoms with van der Waals surface area (Å²) in [6.07, 6.45) is 0. The molecule has 0 aliphatic rings. The van der Waals surface area contributed by atoms with Crippen LogP contribution in [0.15, 0.2) is 60.7 Å². The van der Waals surface area contributed by atoms with Crippen LogP contribution >= 0.6 is 0 Å². The van der Waals surface area contributed by atoms with E-state index < -0.39 is 14.0 Å². The predicted octanol–water partition coefficient (Wildman–Crippen LogP) is 4.06. The van der Waals surface area contributed by atoms with Crippen molar-refractivity contribution in [3.05, 3.63) is 60.7 Å². The van der Waals surface area contributed by atoms with Crippen molar-refractivity contribution in [2.24, 2.45) is 0 Å². The average molecular weight is 262 g/mol. The van der Waals surface area contributed by atoms with E-state index in [2.05, 4.69) is 81.6 Å². The van der Waals surface area contributed by atoms with Gasteiger partial charge in [0.15, 0.2) is 0 Å². The molecule has 0 saturated carbocycles. The number of hydrogen-bond acceptors (Lipinski definition) is 0. The fourth-order valence-corrected chi connectivity index (χ4v) is 8.35. The summed E-state index contributed by atoms with van der Waals surface area (Å²) in [5.74, 6) is 0. The second kappa shape index (κ2) is 3.34. The van der Waals surface area contributed by atoms with E-state index in [0.717, 1.165) is 0 Å². The minimum atomic E-state index is -3.29. The number of benzene rings is 2. The monoisotopic (exact) mass is 262 g/mol. The van der Waals surface area contributed by atoms with E-state index in [1.165, 1.54) is 7.74 Å². The molecule has 0 aliphatic carbocycles. The van der Waals surface area contributed by atoms with Crippen LogP contribution in [0.25, 0.3) is 0 Å². The molecule has 0 saturated heterocycles. The summed E-state index contributed by atoms with van der Waals surface area (Å²) in [7, 11) is 0. The van der Waals surface area contributed by atoms with Gasteiger partial charge in [-0.1, -0.05) is 0 Å². The zero-order chi connectivity index (χ0) is 12.6. The first-order valence-corrected chi connectivity index (χ1v) is 14.1. The van der Waals surface area contributed by atoms with E-state index in [-0.39, 0.29) is 0 Å². The van der Waals surface area contributed by atoms with Gasteiger partial charge < -0.3 is 0 Å². The fraction of sp³-hybridized carbons (Fsp3) is 0.250. The van der Waals surface area contributed by atoms with Crippen molar-refractivity contribution in [2.45, 2.75) is 20.9 Å². The molecule has 0 bridgehead atoms. The van der Waals surface area contributed by atoms with Gasteiger partial charge in [-0.2, -0.15) is 0 Å². The SMILES string of the molecule is [CH3][Ti]([CH3])([CH3])([CH3])([c]1ccccc1)[c]1ccccc1. The first-order valence-electron chi connectivity index (χ1n) is 6.32. The maximum atomic E-state index is 2.49. The second-order valence-corrected chi connectivity index (χ2v) is 25.7. The van der Waals surface area contributed by atoms with E-state index in [0.29, 0.717) is 0 Å². The third-order valence-corrected chi connectivity index (χ3v) is 13.3. The van der Waals surface area contributed by atoms with Crippen LogP contribution < -0.4 is 7.74 Å². The Kier molecular flexibility index (Phi) is 2.48. The summed E-state index contributed by atoms with van der Waals surface area (Å²) in [5, 5.41) is 9.96. The molecule has 0 unspecified atom stereocenters. The van der Waals surface area contributed by atoms with Gasteiger partial charge in [0.1, 0.15) is 0 Å². The Bertz CT molecular complexity index is 471. The molecule has 0 aliphatic heterocycles. The van der Waals surface area contributed by atoms with Crippen molar-refractivity contribution >= 4 is 7.74 Å². The summed E-state index contributed by atoms with van der Waals surface area (Å²) in [5.41, 5.74) is 0. The van der Waals surface area contributed by atoms with E-state index in [1.54, 1.807) is 0 Å². The van der Waals surface area contributed by atoms with E-state index >= 15 is 0 Å². The Morgan fingerprint density at radius 3 is 1.12 bits per heavy atom. The van der Waals surface area contributed by atoms with Crippen molar-refractivity contribution in [2.75, 3.05) is 0 Å². The molecular weight excluding hydrogens is 240 g/mol. The topological polar surface area (TPSA) is 0 Å². The van der Waals surface area contributed by atoms with Crippen molar-refractivity contribution < 1.29 is 14.0 Å². The molecule has 0 heterocycles. The minimum absolute atomic E-state index is 1.51. The first kappa shape index (κ1) is 12.6. The molecule has 2 aromatic carbocycles. The molecule has 0 aromatic heterocycles. The van der Waals surface area contributed by atoms with Gasteiger partial charge in [-0.25, -0.2) is 0 Å². The third-order valence-electron chi connectivity index (χ3n) is 4.15. The molecule has 2 rings (SSSR count). The molecule has 17 heavy (non-hydrogen) atoms. The molecule has 0 amide bonds. The Morgan fingerprint density at radius 2 is 0.824 bits per heavy atom. The first-order chi connectivity index (χ1) is 7.74. The molecule has 1 heteroatoms. The third kappa shape index (κ3) is 2.12. The molecule has 0 nitrogen and oxygen atoms in total. The normalized spacial score (nSPS) is 16.0. The Hall–Kier alpha value is -0.846. The maximum absolute atomic E-state index is 3.29. The van der Waals surface area contributed by atoms with Crippen LogP contribution in [0.4, 0.5) is 0 Å². The zero-order valence-electron chi connectivity index (χ0n) is 11.3. The summed E-state index contributed by atoms with van der Waals surface area (Å²) < 4.78 is 3.03. The predicted molar refractivity (Wildman–Crippen MR) is 75.6 cm³/mol. The summed E-state index contributed by atoms with van der Waals surface area (Å²) in [6.45, 7) is 0. The van der Waals surface area contributed by atoms with Crippen molar-refractivity contribution in [3.8, 4) is 0 Å². The Morgan fingerprint density at radius 1 is 0.529 bits per heavy atom. The van der Waals surface area contributed by atoms with Gasteiger partial charge >= 0.3 is 103 Å². The average Bonchev–Trinajstić information content (AvgIpc) is 2.30. The van der Waals surface area contributed by atoms with E-state index in [9.17, 15) is 0 Å². The Balaban J connectivity index is 2.76. The van der Waals surface area contributed by atoms with Crippen LogP contribution in [-0.2, 0) is 14.0 Å². The van der Waals surface area contributed by atoms with Gasteiger partial charge in [-0.05, 0) is 0 Å². The van der Waals surface area contributed by atoms with Crippen LogP contribution in [0.3, 0.4) is 0 Å². The Labute approximate surface area is 103 Å². The van der Waals surface area contributed by atoms with E-state index in [4.69, 9.17) is 0 Å². The van der Waals surface area contributed by atoms with Crippen LogP contribution in [0, 0.1) is 0 Å². The summed E-state index contributed by atoms with van der Waals surface area (Å²) in [4.78, 5) is 0. The van der Waals surface area contributed by atoms with Crippen LogP contribution in [0.2, 0.25) is 20.9 Å².